The van der Waals surface area contributed by atoms with Crippen molar-refractivity contribution in [3.8, 4) is 0 Å². The molecule has 4 heteroatoms. The summed E-state index contributed by atoms with van der Waals surface area (Å²) in [6, 6.07) is 12.6. The van der Waals surface area contributed by atoms with E-state index in [0.717, 1.165) is 11.3 Å². The molecule has 0 aromatic heterocycles. The summed E-state index contributed by atoms with van der Waals surface area (Å²) >= 11 is 7.66. The minimum atomic E-state index is -0.312. The van der Waals surface area contributed by atoms with Gasteiger partial charge in [0.25, 0.3) is 0 Å². The molecule has 0 amide bonds. The maximum Gasteiger partial charge on any atom is 0.124 e. The molecule has 0 aliphatic heterocycles. The maximum absolute atomic E-state index is 12.9. The van der Waals surface area contributed by atoms with Gasteiger partial charge in [0, 0.05) is 22.2 Å². The quantitative estimate of drug-likeness (QED) is 0.807. The van der Waals surface area contributed by atoms with Gasteiger partial charge < -0.3 is 5.32 Å². The van der Waals surface area contributed by atoms with Crippen molar-refractivity contribution in [2.75, 3.05) is 11.6 Å². The molecule has 0 aliphatic rings. The molecule has 0 radical (unpaired) electrons. The zero-order valence-electron chi connectivity index (χ0n) is 9.91. The van der Waals surface area contributed by atoms with E-state index in [4.69, 9.17) is 11.6 Å². The van der Waals surface area contributed by atoms with Crippen molar-refractivity contribution in [2.45, 2.75) is 11.4 Å². The maximum atomic E-state index is 12.9. The summed E-state index contributed by atoms with van der Waals surface area (Å²) in [4.78, 5) is 1.20. The number of anilines is 1. The van der Waals surface area contributed by atoms with Crippen molar-refractivity contribution in [2.24, 2.45) is 0 Å². The highest BCUT2D eigenvalue weighted by molar-refractivity contribution is 7.98. The molecule has 0 fully saturated rings. The second kappa shape index (κ2) is 6.12. The van der Waals surface area contributed by atoms with Crippen molar-refractivity contribution in [1.82, 2.24) is 0 Å². The van der Waals surface area contributed by atoms with Crippen LogP contribution >= 0.6 is 23.4 Å². The third-order valence-electron chi connectivity index (χ3n) is 2.57. The van der Waals surface area contributed by atoms with Crippen LogP contribution in [-0.4, -0.2) is 6.26 Å². The molecule has 0 heterocycles. The highest BCUT2D eigenvalue weighted by Gasteiger charge is 2.02. The Morgan fingerprint density at radius 1 is 1.22 bits per heavy atom. The molecule has 0 saturated heterocycles. The second-order valence-corrected chi connectivity index (χ2v) is 5.11. The lowest BCUT2D eigenvalue weighted by molar-refractivity contribution is 0.627. The first-order chi connectivity index (χ1) is 8.69. The van der Waals surface area contributed by atoms with Crippen LogP contribution in [0.4, 0.5) is 10.1 Å². The number of thioether (sulfide) groups is 1. The van der Waals surface area contributed by atoms with Gasteiger partial charge in [-0.2, -0.15) is 0 Å². The van der Waals surface area contributed by atoms with Gasteiger partial charge in [0.05, 0.1) is 0 Å². The van der Waals surface area contributed by atoms with Gasteiger partial charge in [0.15, 0.2) is 0 Å². The van der Waals surface area contributed by atoms with Crippen molar-refractivity contribution in [3.63, 3.8) is 0 Å². The zero-order chi connectivity index (χ0) is 13.0. The van der Waals surface area contributed by atoms with Crippen molar-refractivity contribution >= 4 is 29.1 Å². The first-order valence-electron chi connectivity index (χ1n) is 5.51. The smallest absolute Gasteiger partial charge is 0.124 e. The predicted octanol–water partition coefficient (Wildman–Crippen LogP) is 4.81. The third kappa shape index (κ3) is 3.40. The van der Waals surface area contributed by atoms with E-state index in [2.05, 4.69) is 17.4 Å². The Morgan fingerprint density at radius 3 is 2.78 bits per heavy atom. The molecular weight excluding hydrogens is 269 g/mol. The van der Waals surface area contributed by atoms with E-state index in [1.54, 1.807) is 17.8 Å². The summed E-state index contributed by atoms with van der Waals surface area (Å²) in [5, 5.41) is 3.72. The molecule has 0 spiro atoms. The van der Waals surface area contributed by atoms with Crippen LogP contribution in [0, 0.1) is 5.82 Å². The minimum absolute atomic E-state index is 0.312. The van der Waals surface area contributed by atoms with Crippen LogP contribution in [0.1, 0.15) is 5.56 Å². The number of nitrogens with one attached hydrogen (secondary N) is 1. The lowest BCUT2D eigenvalue weighted by atomic mass is 10.2. The van der Waals surface area contributed by atoms with Crippen LogP contribution in [0.15, 0.2) is 47.4 Å². The number of benzene rings is 2. The van der Waals surface area contributed by atoms with Crippen LogP contribution in [0.25, 0.3) is 0 Å². The fourth-order valence-corrected chi connectivity index (χ4v) is 2.29. The van der Waals surface area contributed by atoms with Gasteiger partial charge in [-0.15, -0.1) is 11.8 Å². The highest BCUT2D eigenvalue weighted by atomic mass is 35.5. The third-order valence-corrected chi connectivity index (χ3v) is 3.65. The van der Waals surface area contributed by atoms with E-state index < -0.39 is 0 Å². The van der Waals surface area contributed by atoms with Gasteiger partial charge >= 0.3 is 0 Å². The topological polar surface area (TPSA) is 12.0 Å². The molecule has 18 heavy (non-hydrogen) atoms. The van der Waals surface area contributed by atoms with Gasteiger partial charge in [-0.3, -0.25) is 0 Å². The van der Waals surface area contributed by atoms with Gasteiger partial charge in [-0.1, -0.05) is 23.7 Å². The predicted molar refractivity (Wildman–Crippen MR) is 77.0 cm³/mol. The standard InChI is InChI=1S/C14H13ClFNS/c1-18-13-4-2-3-12(8-13)17-9-10-5-6-11(16)7-14(10)15/h2-8,17H,9H2,1H3. The number of halogens is 2. The Kier molecular flexibility index (Phi) is 4.50. The second-order valence-electron chi connectivity index (χ2n) is 3.82. The molecule has 2 rings (SSSR count). The summed E-state index contributed by atoms with van der Waals surface area (Å²) in [6.45, 7) is 0.580. The van der Waals surface area contributed by atoms with E-state index in [1.807, 2.05) is 18.4 Å². The number of hydrogen-bond donors (Lipinski definition) is 1. The Labute approximate surface area is 115 Å². The van der Waals surface area contributed by atoms with E-state index in [0.29, 0.717) is 11.6 Å². The largest absolute Gasteiger partial charge is 0.381 e. The molecule has 0 atom stereocenters. The Morgan fingerprint density at radius 2 is 2.06 bits per heavy atom. The summed E-state index contributed by atoms with van der Waals surface area (Å²) in [7, 11) is 0. The summed E-state index contributed by atoms with van der Waals surface area (Å²) in [5.41, 5.74) is 1.91. The summed E-state index contributed by atoms with van der Waals surface area (Å²) in [6.07, 6.45) is 2.04. The van der Waals surface area contributed by atoms with Crippen molar-refractivity contribution < 1.29 is 4.39 Å². The average Bonchev–Trinajstić information content (AvgIpc) is 2.38. The summed E-state index contributed by atoms with van der Waals surface area (Å²) in [5.74, 6) is -0.312. The van der Waals surface area contributed by atoms with E-state index in [1.165, 1.54) is 17.0 Å². The highest BCUT2D eigenvalue weighted by Crippen LogP contribution is 2.21. The monoisotopic (exact) mass is 281 g/mol. The van der Waals surface area contributed by atoms with E-state index >= 15 is 0 Å². The Bertz CT molecular complexity index is 545. The number of rotatable bonds is 4. The minimum Gasteiger partial charge on any atom is -0.381 e. The van der Waals surface area contributed by atoms with Crippen LogP contribution < -0.4 is 5.32 Å². The van der Waals surface area contributed by atoms with Crippen LogP contribution in [-0.2, 0) is 6.54 Å². The first-order valence-corrected chi connectivity index (χ1v) is 7.11. The molecule has 0 aliphatic carbocycles. The van der Waals surface area contributed by atoms with Crippen molar-refractivity contribution in [1.29, 1.82) is 0 Å². The fourth-order valence-electron chi connectivity index (χ4n) is 1.60. The SMILES string of the molecule is CSc1cccc(NCc2ccc(F)cc2Cl)c1. The van der Waals surface area contributed by atoms with E-state index in [9.17, 15) is 4.39 Å². The Hall–Kier alpha value is -1.19. The fraction of sp³-hybridized carbons (Fsp3) is 0.143. The van der Waals surface area contributed by atoms with Gasteiger partial charge in [-0.25, -0.2) is 4.39 Å². The van der Waals surface area contributed by atoms with Gasteiger partial charge in [0.1, 0.15) is 5.82 Å². The van der Waals surface area contributed by atoms with Crippen molar-refractivity contribution in [3.05, 3.63) is 58.9 Å². The van der Waals surface area contributed by atoms with Crippen LogP contribution in [0.3, 0.4) is 0 Å². The lowest BCUT2D eigenvalue weighted by Gasteiger charge is -2.09. The molecule has 1 N–H and O–H groups in total. The zero-order valence-corrected chi connectivity index (χ0v) is 11.5. The molecule has 0 unspecified atom stereocenters. The Balaban J connectivity index is 2.06. The molecule has 2 aromatic carbocycles. The summed E-state index contributed by atoms with van der Waals surface area (Å²) < 4.78 is 12.9. The molecule has 94 valence electrons. The molecule has 0 bridgehead atoms. The first kappa shape index (κ1) is 13.2. The average molecular weight is 282 g/mol. The molecule has 2 aromatic rings. The van der Waals surface area contributed by atoms with E-state index in [-0.39, 0.29) is 5.82 Å². The molecular formula is C14H13ClFNS. The molecule has 1 nitrogen and oxygen atoms in total. The van der Waals surface area contributed by atoms with Crippen LogP contribution in [0.2, 0.25) is 5.02 Å². The van der Waals surface area contributed by atoms with Gasteiger partial charge in [-0.05, 0) is 42.2 Å². The lowest BCUT2D eigenvalue weighted by Crippen LogP contribution is -2.00. The normalized spacial score (nSPS) is 10.4. The number of hydrogen-bond acceptors (Lipinski definition) is 2. The van der Waals surface area contributed by atoms with Gasteiger partial charge in [0.2, 0.25) is 0 Å². The van der Waals surface area contributed by atoms with Crippen LogP contribution in [0.5, 0.6) is 0 Å². The molecule has 0 saturated carbocycles.